The van der Waals surface area contributed by atoms with Gasteiger partial charge in [-0.25, -0.2) is 0 Å². The van der Waals surface area contributed by atoms with Gasteiger partial charge in [0, 0.05) is 34.6 Å². The molecule has 4 rings (SSSR count). The predicted octanol–water partition coefficient (Wildman–Crippen LogP) is 5.11. The summed E-state index contributed by atoms with van der Waals surface area (Å²) in [5.41, 5.74) is 2.97. The maximum atomic E-state index is 13.3. The number of rotatable bonds is 2. The highest BCUT2D eigenvalue weighted by Crippen LogP contribution is 2.39. The largest absolute Gasteiger partial charge is 0.406 e. The van der Waals surface area contributed by atoms with Gasteiger partial charge >= 0.3 is 6.18 Å². The van der Waals surface area contributed by atoms with Gasteiger partial charge in [-0.2, -0.15) is 18.3 Å². The Morgan fingerprint density at radius 1 is 1.15 bits per heavy atom. The third kappa shape index (κ3) is 2.72. The molecule has 1 aromatic carbocycles. The fraction of sp³-hybridized carbons (Fsp3) is 0.222. The fourth-order valence-corrected chi connectivity index (χ4v) is 3.66. The fourth-order valence-electron chi connectivity index (χ4n) is 3.45. The van der Waals surface area contributed by atoms with Crippen LogP contribution < -0.4 is 0 Å². The van der Waals surface area contributed by atoms with E-state index in [1.54, 1.807) is 36.1 Å². The average Bonchev–Trinajstić information content (AvgIpc) is 3.03. The van der Waals surface area contributed by atoms with E-state index in [1.807, 2.05) is 13.0 Å². The minimum atomic E-state index is -4.37. The van der Waals surface area contributed by atoms with Gasteiger partial charge in [0.15, 0.2) is 0 Å². The Morgan fingerprint density at radius 3 is 2.58 bits per heavy atom. The average molecular weight is 379 g/mol. The van der Waals surface area contributed by atoms with Crippen LogP contribution in [-0.2, 0) is 13.6 Å². The molecule has 3 heterocycles. The Morgan fingerprint density at radius 2 is 1.92 bits per heavy atom. The SMILES string of the molecule is Cc1cc(-c2cc(Cl)cc3c4ccncc4n(CC(F)(F)F)c23)n(C)n1. The van der Waals surface area contributed by atoms with Crippen LogP contribution in [-0.4, -0.2) is 25.5 Å². The van der Waals surface area contributed by atoms with E-state index in [9.17, 15) is 13.2 Å². The van der Waals surface area contributed by atoms with Crippen LogP contribution >= 0.6 is 11.6 Å². The molecular formula is C18H14ClF3N4. The van der Waals surface area contributed by atoms with E-state index < -0.39 is 12.7 Å². The molecule has 0 aliphatic rings. The lowest BCUT2D eigenvalue weighted by molar-refractivity contribution is -0.139. The Balaban J connectivity index is 2.17. The molecule has 4 nitrogen and oxygen atoms in total. The summed E-state index contributed by atoms with van der Waals surface area (Å²) in [7, 11) is 1.76. The first-order valence-corrected chi connectivity index (χ1v) is 8.25. The molecule has 0 unspecified atom stereocenters. The standard InChI is InChI=1S/C18H14ClF3N4/c1-10-5-15(25(2)24-10)14-7-11(19)6-13-12-3-4-23-8-16(12)26(17(13)14)9-18(20,21)22/h3-8H,9H2,1-2H3. The first-order chi connectivity index (χ1) is 12.2. The number of fused-ring (bicyclic) bond motifs is 3. The summed E-state index contributed by atoms with van der Waals surface area (Å²) in [4.78, 5) is 4.01. The Labute approximate surface area is 151 Å². The molecule has 4 aromatic rings. The molecule has 3 aromatic heterocycles. The van der Waals surface area contributed by atoms with Crippen molar-refractivity contribution < 1.29 is 13.2 Å². The van der Waals surface area contributed by atoms with E-state index in [0.717, 1.165) is 5.69 Å². The lowest BCUT2D eigenvalue weighted by Crippen LogP contribution is -2.17. The van der Waals surface area contributed by atoms with Crippen molar-refractivity contribution in [3.63, 3.8) is 0 Å². The van der Waals surface area contributed by atoms with E-state index in [-0.39, 0.29) is 0 Å². The van der Waals surface area contributed by atoms with Crippen LogP contribution in [0, 0.1) is 6.92 Å². The number of halogens is 4. The maximum Gasteiger partial charge on any atom is 0.406 e. The molecule has 26 heavy (non-hydrogen) atoms. The Kier molecular flexibility index (Phi) is 3.73. The van der Waals surface area contributed by atoms with Crippen LogP contribution in [0.4, 0.5) is 13.2 Å². The third-order valence-electron chi connectivity index (χ3n) is 4.34. The molecule has 0 radical (unpaired) electrons. The number of aromatic nitrogens is 4. The summed E-state index contributed by atoms with van der Waals surface area (Å²) < 4.78 is 42.8. The zero-order valence-electron chi connectivity index (χ0n) is 14.0. The van der Waals surface area contributed by atoms with Crippen molar-refractivity contribution in [1.82, 2.24) is 19.3 Å². The summed E-state index contributed by atoms with van der Waals surface area (Å²) in [5.74, 6) is 0. The molecule has 0 fully saturated rings. The Hall–Kier alpha value is -2.54. The molecule has 0 atom stereocenters. The second kappa shape index (κ2) is 5.74. The lowest BCUT2D eigenvalue weighted by atomic mass is 10.1. The number of pyridine rings is 1. The van der Waals surface area contributed by atoms with Crippen molar-refractivity contribution in [3.8, 4) is 11.3 Å². The number of hydrogen-bond acceptors (Lipinski definition) is 2. The predicted molar refractivity (Wildman–Crippen MR) is 95.2 cm³/mol. The van der Waals surface area contributed by atoms with Gasteiger partial charge in [0.25, 0.3) is 0 Å². The van der Waals surface area contributed by atoms with Crippen molar-refractivity contribution in [3.05, 3.63) is 47.4 Å². The van der Waals surface area contributed by atoms with Gasteiger partial charge in [0.05, 0.1) is 28.6 Å². The highest BCUT2D eigenvalue weighted by molar-refractivity contribution is 6.32. The second-order valence-corrected chi connectivity index (χ2v) is 6.67. The van der Waals surface area contributed by atoms with Crippen LogP contribution in [0.25, 0.3) is 33.1 Å². The summed E-state index contributed by atoms with van der Waals surface area (Å²) in [6.07, 6.45) is -1.35. The zero-order valence-corrected chi connectivity index (χ0v) is 14.7. The molecule has 0 saturated carbocycles. The van der Waals surface area contributed by atoms with E-state index in [2.05, 4.69) is 10.1 Å². The van der Waals surface area contributed by atoms with Crippen molar-refractivity contribution in [2.45, 2.75) is 19.6 Å². The lowest BCUT2D eigenvalue weighted by Gasteiger charge is -2.13. The van der Waals surface area contributed by atoms with Gasteiger partial charge < -0.3 is 4.57 Å². The number of aryl methyl sites for hydroxylation is 2. The quantitative estimate of drug-likeness (QED) is 0.485. The van der Waals surface area contributed by atoms with Crippen LogP contribution in [0.15, 0.2) is 36.7 Å². The number of alkyl halides is 3. The number of hydrogen-bond donors (Lipinski definition) is 0. The highest BCUT2D eigenvalue weighted by Gasteiger charge is 2.31. The van der Waals surface area contributed by atoms with Crippen LogP contribution in [0.2, 0.25) is 5.02 Å². The minimum absolute atomic E-state index is 0.419. The van der Waals surface area contributed by atoms with Crippen molar-refractivity contribution in [2.75, 3.05) is 0 Å². The molecule has 0 amide bonds. The van der Waals surface area contributed by atoms with Gasteiger partial charge in [-0.3, -0.25) is 9.67 Å². The van der Waals surface area contributed by atoms with Gasteiger partial charge in [0.2, 0.25) is 0 Å². The van der Waals surface area contributed by atoms with Crippen LogP contribution in [0.5, 0.6) is 0 Å². The summed E-state index contributed by atoms with van der Waals surface area (Å²) in [5, 5.41) is 6.11. The Bertz CT molecular complexity index is 1140. The molecule has 0 aliphatic heterocycles. The number of benzene rings is 1. The van der Waals surface area contributed by atoms with Gasteiger partial charge in [-0.05, 0) is 31.2 Å². The topological polar surface area (TPSA) is 35.6 Å². The summed E-state index contributed by atoms with van der Waals surface area (Å²) >= 11 is 6.30. The van der Waals surface area contributed by atoms with E-state index in [1.165, 1.54) is 10.8 Å². The molecule has 0 bridgehead atoms. The maximum absolute atomic E-state index is 13.3. The highest BCUT2D eigenvalue weighted by atomic mass is 35.5. The number of nitrogens with zero attached hydrogens (tertiary/aromatic N) is 4. The van der Waals surface area contributed by atoms with Crippen molar-refractivity contribution in [2.24, 2.45) is 7.05 Å². The minimum Gasteiger partial charge on any atom is -0.329 e. The first-order valence-electron chi connectivity index (χ1n) is 7.88. The molecule has 0 aliphatic carbocycles. The van der Waals surface area contributed by atoms with E-state index in [0.29, 0.717) is 38.1 Å². The second-order valence-electron chi connectivity index (χ2n) is 6.24. The smallest absolute Gasteiger partial charge is 0.329 e. The van der Waals surface area contributed by atoms with Crippen LogP contribution in [0.3, 0.4) is 0 Å². The molecular weight excluding hydrogens is 365 g/mol. The molecule has 134 valence electrons. The third-order valence-corrected chi connectivity index (χ3v) is 4.56. The van der Waals surface area contributed by atoms with E-state index >= 15 is 0 Å². The summed E-state index contributed by atoms with van der Waals surface area (Å²) in [6.45, 7) is 0.727. The van der Waals surface area contributed by atoms with Gasteiger partial charge in [-0.15, -0.1) is 0 Å². The monoisotopic (exact) mass is 378 g/mol. The van der Waals surface area contributed by atoms with Gasteiger partial charge in [0.1, 0.15) is 6.54 Å². The molecule has 8 heteroatoms. The molecule has 0 spiro atoms. The van der Waals surface area contributed by atoms with Crippen LogP contribution in [0.1, 0.15) is 5.69 Å². The van der Waals surface area contributed by atoms with Crippen molar-refractivity contribution in [1.29, 1.82) is 0 Å². The summed E-state index contributed by atoms with van der Waals surface area (Å²) in [6, 6.07) is 6.91. The zero-order chi connectivity index (χ0) is 18.6. The van der Waals surface area contributed by atoms with Gasteiger partial charge in [-0.1, -0.05) is 11.6 Å². The van der Waals surface area contributed by atoms with E-state index in [4.69, 9.17) is 11.6 Å². The molecule has 0 saturated heterocycles. The normalized spacial score (nSPS) is 12.4. The first kappa shape index (κ1) is 16.9. The van der Waals surface area contributed by atoms with Crippen molar-refractivity contribution >= 4 is 33.4 Å². The molecule has 0 N–H and O–H groups in total.